The topological polar surface area (TPSA) is 40.6 Å². The summed E-state index contributed by atoms with van der Waals surface area (Å²) < 4.78 is 27.3. The maximum absolute atomic E-state index is 12.7. The van der Waals surface area contributed by atoms with E-state index in [9.17, 15) is 8.42 Å². The van der Waals surface area contributed by atoms with Crippen LogP contribution in [-0.2, 0) is 10.0 Å². The van der Waals surface area contributed by atoms with Gasteiger partial charge in [-0.05, 0) is 43.7 Å². The van der Waals surface area contributed by atoms with Crippen molar-refractivity contribution in [2.24, 2.45) is 0 Å². The molecule has 1 aliphatic rings. The summed E-state index contributed by atoms with van der Waals surface area (Å²) >= 11 is 7.51. The van der Waals surface area contributed by atoms with E-state index in [1.807, 2.05) is 38.1 Å². The predicted octanol–water partition coefficient (Wildman–Crippen LogP) is 3.53. The maximum Gasteiger partial charge on any atom is 0.252 e. The summed E-state index contributed by atoms with van der Waals surface area (Å²) in [5, 5.41) is 0.742. The van der Waals surface area contributed by atoms with Crippen molar-refractivity contribution in [2.75, 3.05) is 31.1 Å². The minimum absolute atomic E-state index is 0.433. The molecule has 2 heterocycles. The first-order chi connectivity index (χ1) is 10.9. The van der Waals surface area contributed by atoms with Crippen molar-refractivity contribution in [1.82, 2.24) is 4.31 Å². The molecular formula is C16H19ClN2O2S2. The van der Waals surface area contributed by atoms with E-state index in [2.05, 4.69) is 4.90 Å². The van der Waals surface area contributed by atoms with Crippen molar-refractivity contribution in [1.29, 1.82) is 0 Å². The predicted molar refractivity (Wildman–Crippen MR) is 96.2 cm³/mol. The lowest BCUT2D eigenvalue weighted by atomic mass is 10.1. The van der Waals surface area contributed by atoms with Gasteiger partial charge in [0, 0.05) is 41.8 Å². The van der Waals surface area contributed by atoms with Crippen LogP contribution in [0.1, 0.15) is 10.4 Å². The van der Waals surface area contributed by atoms with Gasteiger partial charge in [0.05, 0.1) is 0 Å². The first-order valence-electron chi connectivity index (χ1n) is 7.46. The summed E-state index contributed by atoms with van der Waals surface area (Å²) in [6.07, 6.45) is 0. The van der Waals surface area contributed by atoms with Gasteiger partial charge in [-0.3, -0.25) is 0 Å². The smallest absolute Gasteiger partial charge is 0.252 e. The molecule has 7 heteroatoms. The van der Waals surface area contributed by atoms with Crippen LogP contribution in [0.25, 0.3) is 0 Å². The summed E-state index contributed by atoms with van der Waals surface area (Å²) in [6.45, 7) is 6.24. The summed E-state index contributed by atoms with van der Waals surface area (Å²) in [5.41, 5.74) is 2.13. The Labute approximate surface area is 146 Å². The Kier molecular flexibility index (Phi) is 4.69. The zero-order valence-electron chi connectivity index (χ0n) is 13.1. The standard InChI is InChI=1S/C16H19ClN2O2S2/c1-12-6-7-16(22-12)23(20,21)19-10-8-18(9-11-19)15-5-3-4-14(17)13(15)2/h3-7H,8-11H2,1-2H3. The molecule has 0 N–H and O–H groups in total. The van der Waals surface area contributed by atoms with Crippen LogP contribution in [0.2, 0.25) is 5.02 Å². The van der Waals surface area contributed by atoms with E-state index in [1.54, 1.807) is 10.4 Å². The van der Waals surface area contributed by atoms with Crippen LogP contribution in [0, 0.1) is 13.8 Å². The van der Waals surface area contributed by atoms with Gasteiger partial charge in [0.1, 0.15) is 4.21 Å². The first kappa shape index (κ1) is 16.8. The fraction of sp³-hybridized carbons (Fsp3) is 0.375. The largest absolute Gasteiger partial charge is 0.369 e. The second kappa shape index (κ2) is 6.43. The van der Waals surface area contributed by atoms with E-state index in [0.717, 1.165) is 21.2 Å². The second-order valence-electron chi connectivity index (χ2n) is 5.64. The third kappa shape index (κ3) is 3.26. The zero-order valence-corrected chi connectivity index (χ0v) is 15.5. The molecule has 0 saturated carbocycles. The van der Waals surface area contributed by atoms with Crippen LogP contribution < -0.4 is 4.90 Å². The van der Waals surface area contributed by atoms with Gasteiger partial charge in [-0.15, -0.1) is 11.3 Å². The van der Waals surface area contributed by atoms with Crippen molar-refractivity contribution in [3.8, 4) is 0 Å². The quantitative estimate of drug-likeness (QED) is 0.829. The van der Waals surface area contributed by atoms with E-state index >= 15 is 0 Å². The summed E-state index contributed by atoms with van der Waals surface area (Å²) in [6, 6.07) is 9.39. The number of hydrogen-bond acceptors (Lipinski definition) is 4. The average molecular weight is 371 g/mol. The minimum Gasteiger partial charge on any atom is -0.369 e. The van der Waals surface area contributed by atoms with Gasteiger partial charge >= 0.3 is 0 Å². The number of anilines is 1. The molecule has 0 amide bonds. The van der Waals surface area contributed by atoms with Crippen molar-refractivity contribution < 1.29 is 8.42 Å². The Bertz CT molecular complexity index is 809. The highest BCUT2D eigenvalue weighted by atomic mass is 35.5. The molecule has 1 saturated heterocycles. The Balaban J connectivity index is 1.75. The second-order valence-corrected chi connectivity index (χ2v) is 9.50. The van der Waals surface area contributed by atoms with Crippen LogP contribution in [0.5, 0.6) is 0 Å². The van der Waals surface area contributed by atoms with Gasteiger partial charge in [-0.25, -0.2) is 8.42 Å². The number of sulfonamides is 1. The van der Waals surface area contributed by atoms with Crippen LogP contribution in [0.3, 0.4) is 0 Å². The Morgan fingerprint density at radius 1 is 1.04 bits per heavy atom. The summed E-state index contributed by atoms with van der Waals surface area (Å²) in [7, 11) is -3.37. The molecule has 1 fully saturated rings. The molecule has 1 aliphatic heterocycles. The number of benzene rings is 1. The lowest BCUT2D eigenvalue weighted by Crippen LogP contribution is -2.48. The van der Waals surface area contributed by atoms with E-state index < -0.39 is 10.0 Å². The van der Waals surface area contributed by atoms with E-state index in [4.69, 9.17) is 11.6 Å². The SMILES string of the molecule is Cc1ccc(S(=O)(=O)N2CCN(c3cccc(Cl)c3C)CC2)s1. The Morgan fingerprint density at radius 3 is 2.35 bits per heavy atom. The number of thiophene rings is 1. The van der Waals surface area contributed by atoms with Crippen LogP contribution >= 0.6 is 22.9 Å². The molecule has 0 aliphatic carbocycles. The average Bonchev–Trinajstić information content (AvgIpc) is 2.98. The van der Waals surface area contributed by atoms with Crippen molar-refractivity contribution >= 4 is 38.6 Å². The molecule has 4 nitrogen and oxygen atoms in total. The lowest BCUT2D eigenvalue weighted by Gasteiger charge is -2.36. The van der Waals surface area contributed by atoms with Gasteiger partial charge < -0.3 is 4.90 Å². The molecular weight excluding hydrogens is 352 g/mol. The highest BCUT2D eigenvalue weighted by Gasteiger charge is 2.30. The lowest BCUT2D eigenvalue weighted by molar-refractivity contribution is 0.385. The molecule has 1 aromatic carbocycles. The summed E-state index contributed by atoms with van der Waals surface area (Å²) in [4.78, 5) is 3.21. The Morgan fingerprint density at radius 2 is 1.74 bits per heavy atom. The molecule has 0 atom stereocenters. The summed E-state index contributed by atoms with van der Waals surface area (Å²) in [5.74, 6) is 0. The van der Waals surface area contributed by atoms with Crippen molar-refractivity contribution in [3.05, 3.63) is 45.8 Å². The minimum atomic E-state index is -3.37. The third-order valence-electron chi connectivity index (χ3n) is 4.13. The number of piperazine rings is 1. The molecule has 0 radical (unpaired) electrons. The molecule has 0 spiro atoms. The molecule has 23 heavy (non-hydrogen) atoms. The fourth-order valence-corrected chi connectivity index (χ4v) is 5.82. The highest BCUT2D eigenvalue weighted by Crippen LogP contribution is 2.29. The third-order valence-corrected chi connectivity index (χ3v) is 7.90. The highest BCUT2D eigenvalue weighted by molar-refractivity contribution is 7.91. The normalized spacial score (nSPS) is 16.7. The van der Waals surface area contributed by atoms with Gasteiger partial charge in [0.15, 0.2) is 0 Å². The van der Waals surface area contributed by atoms with Gasteiger partial charge in [0.25, 0.3) is 10.0 Å². The van der Waals surface area contributed by atoms with Gasteiger partial charge in [0.2, 0.25) is 0 Å². The number of rotatable bonds is 3. The number of aryl methyl sites for hydroxylation is 1. The van der Waals surface area contributed by atoms with E-state index in [-0.39, 0.29) is 0 Å². The van der Waals surface area contributed by atoms with Crippen molar-refractivity contribution in [2.45, 2.75) is 18.1 Å². The van der Waals surface area contributed by atoms with E-state index in [0.29, 0.717) is 30.4 Å². The first-order valence-corrected chi connectivity index (χ1v) is 10.1. The maximum atomic E-state index is 12.7. The molecule has 0 bridgehead atoms. The zero-order chi connectivity index (χ0) is 16.6. The molecule has 124 valence electrons. The monoisotopic (exact) mass is 370 g/mol. The number of hydrogen-bond donors (Lipinski definition) is 0. The fourth-order valence-electron chi connectivity index (χ4n) is 2.79. The molecule has 2 aromatic rings. The van der Waals surface area contributed by atoms with Crippen LogP contribution in [0.15, 0.2) is 34.5 Å². The van der Waals surface area contributed by atoms with Gasteiger partial charge in [-0.2, -0.15) is 4.31 Å². The van der Waals surface area contributed by atoms with E-state index in [1.165, 1.54) is 11.3 Å². The molecule has 1 aromatic heterocycles. The molecule has 0 unspecified atom stereocenters. The molecule has 3 rings (SSSR count). The van der Waals surface area contributed by atoms with Crippen LogP contribution in [0.4, 0.5) is 5.69 Å². The number of halogens is 1. The number of nitrogens with zero attached hydrogens (tertiary/aromatic N) is 2. The Hall–Kier alpha value is -1.08. The van der Waals surface area contributed by atoms with Crippen LogP contribution in [-0.4, -0.2) is 38.9 Å². The van der Waals surface area contributed by atoms with Gasteiger partial charge in [-0.1, -0.05) is 17.7 Å². The van der Waals surface area contributed by atoms with Crippen molar-refractivity contribution in [3.63, 3.8) is 0 Å².